The molecule has 1 aliphatic heterocycles. The molecule has 0 bridgehead atoms. The maximum absolute atomic E-state index is 11.8. The minimum Gasteiger partial charge on any atom is -0.481 e. The van der Waals surface area contributed by atoms with Crippen molar-refractivity contribution in [3.63, 3.8) is 0 Å². The maximum Gasteiger partial charge on any atom is 0.303 e. The molecule has 4 nitrogen and oxygen atoms in total. The van der Waals surface area contributed by atoms with Crippen LogP contribution in [0.15, 0.2) is 0 Å². The van der Waals surface area contributed by atoms with Crippen molar-refractivity contribution in [3.05, 3.63) is 0 Å². The summed E-state index contributed by atoms with van der Waals surface area (Å²) in [6.45, 7) is 2.80. The number of carbonyl (C=O) groups is 2. The predicted octanol–water partition coefficient (Wildman–Crippen LogP) is 2.03. The number of carbonyl (C=O) groups excluding carboxylic acids is 1. The van der Waals surface area contributed by atoms with E-state index in [0.717, 1.165) is 32.2 Å². The van der Waals surface area contributed by atoms with E-state index in [1.54, 1.807) is 0 Å². The van der Waals surface area contributed by atoms with Gasteiger partial charge in [0.15, 0.2) is 0 Å². The number of carboxylic acid groups (broad SMARTS) is 1. The highest BCUT2D eigenvalue weighted by molar-refractivity contribution is 5.76. The first-order valence-electron chi connectivity index (χ1n) is 6.16. The van der Waals surface area contributed by atoms with E-state index >= 15 is 0 Å². The molecule has 1 aliphatic rings. The van der Waals surface area contributed by atoms with Gasteiger partial charge in [-0.25, -0.2) is 0 Å². The zero-order valence-electron chi connectivity index (χ0n) is 9.95. The van der Waals surface area contributed by atoms with Gasteiger partial charge in [-0.1, -0.05) is 6.92 Å². The Hall–Kier alpha value is -1.06. The first-order valence-corrected chi connectivity index (χ1v) is 6.16. The van der Waals surface area contributed by atoms with Crippen molar-refractivity contribution < 1.29 is 14.7 Å². The molecule has 0 unspecified atom stereocenters. The fraction of sp³-hybridized carbons (Fsp3) is 0.833. The number of piperidine rings is 1. The molecule has 0 spiro atoms. The highest BCUT2D eigenvalue weighted by Crippen LogP contribution is 2.21. The molecule has 1 N–H and O–H groups in total. The minimum absolute atomic E-state index is 0.156. The van der Waals surface area contributed by atoms with Crippen molar-refractivity contribution in [2.45, 2.75) is 57.9 Å². The van der Waals surface area contributed by atoms with E-state index in [-0.39, 0.29) is 18.4 Å². The van der Waals surface area contributed by atoms with E-state index in [0.29, 0.717) is 12.8 Å². The summed E-state index contributed by atoms with van der Waals surface area (Å²) < 4.78 is 0. The molecule has 16 heavy (non-hydrogen) atoms. The van der Waals surface area contributed by atoms with Gasteiger partial charge in [0.25, 0.3) is 0 Å². The number of aliphatic carboxylic acids is 1. The van der Waals surface area contributed by atoms with Gasteiger partial charge in [-0.05, 0) is 32.1 Å². The topological polar surface area (TPSA) is 57.6 Å². The van der Waals surface area contributed by atoms with Crippen LogP contribution in [0, 0.1) is 0 Å². The van der Waals surface area contributed by atoms with Crippen LogP contribution >= 0.6 is 0 Å². The SMILES string of the molecule is CCCC(=O)N1CCCC[C@@H]1CCC(=O)O. The second-order valence-corrected chi connectivity index (χ2v) is 4.42. The van der Waals surface area contributed by atoms with Gasteiger partial charge in [0.2, 0.25) is 5.91 Å². The van der Waals surface area contributed by atoms with E-state index in [9.17, 15) is 9.59 Å². The summed E-state index contributed by atoms with van der Waals surface area (Å²) in [5, 5.41) is 8.67. The molecule has 0 radical (unpaired) electrons. The Morgan fingerprint density at radius 3 is 2.69 bits per heavy atom. The van der Waals surface area contributed by atoms with Crippen LogP contribution < -0.4 is 0 Å². The number of likely N-dealkylation sites (tertiary alicyclic amines) is 1. The fourth-order valence-corrected chi connectivity index (χ4v) is 2.28. The van der Waals surface area contributed by atoms with Gasteiger partial charge in [-0.3, -0.25) is 9.59 Å². The standard InChI is InChI=1S/C12H21NO3/c1-2-5-11(14)13-9-4-3-6-10(13)7-8-12(15)16/h10H,2-9H2,1H3,(H,15,16)/t10-/m1/s1. The van der Waals surface area contributed by atoms with Crippen LogP contribution in [0.4, 0.5) is 0 Å². The lowest BCUT2D eigenvalue weighted by Gasteiger charge is -2.35. The van der Waals surface area contributed by atoms with Gasteiger partial charge in [-0.15, -0.1) is 0 Å². The second kappa shape index (κ2) is 6.51. The van der Waals surface area contributed by atoms with Crippen molar-refractivity contribution in [1.82, 2.24) is 4.90 Å². The third kappa shape index (κ3) is 3.83. The first-order chi connectivity index (χ1) is 7.65. The number of rotatable bonds is 5. The molecule has 1 rings (SSSR count). The van der Waals surface area contributed by atoms with Gasteiger partial charge in [0, 0.05) is 25.4 Å². The number of hydrogen-bond acceptors (Lipinski definition) is 2. The van der Waals surface area contributed by atoms with Gasteiger partial charge in [0.05, 0.1) is 0 Å². The Bertz CT molecular complexity index is 253. The Labute approximate surface area is 96.6 Å². The smallest absolute Gasteiger partial charge is 0.303 e. The van der Waals surface area contributed by atoms with Gasteiger partial charge in [0.1, 0.15) is 0 Å². The van der Waals surface area contributed by atoms with Crippen molar-refractivity contribution in [1.29, 1.82) is 0 Å². The van der Waals surface area contributed by atoms with Gasteiger partial charge < -0.3 is 10.0 Å². The Kier molecular flexibility index (Phi) is 5.29. The van der Waals surface area contributed by atoms with E-state index < -0.39 is 5.97 Å². The molecule has 0 aromatic carbocycles. The lowest BCUT2D eigenvalue weighted by molar-refractivity contribution is -0.140. The van der Waals surface area contributed by atoms with Crippen molar-refractivity contribution in [3.8, 4) is 0 Å². The summed E-state index contributed by atoms with van der Waals surface area (Å²) in [5.74, 6) is -0.578. The number of nitrogens with zero attached hydrogens (tertiary/aromatic N) is 1. The summed E-state index contributed by atoms with van der Waals surface area (Å²) in [4.78, 5) is 24.3. The van der Waals surface area contributed by atoms with Crippen molar-refractivity contribution >= 4 is 11.9 Å². The molecule has 1 atom stereocenters. The van der Waals surface area contributed by atoms with Crippen LogP contribution in [0.2, 0.25) is 0 Å². The molecular formula is C12H21NO3. The summed E-state index contributed by atoms with van der Waals surface area (Å²) in [6.07, 6.45) is 5.35. The summed E-state index contributed by atoms with van der Waals surface area (Å²) in [7, 11) is 0. The molecule has 1 saturated heterocycles. The second-order valence-electron chi connectivity index (χ2n) is 4.42. The minimum atomic E-state index is -0.770. The molecule has 0 saturated carbocycles. The molecule has 0 aromatic rings. The van der Waals surface area contributed by atoms with Crippen LogP contribution in [-0.2, 0) is 9.59 Å². The van der Waals surface area contributed by atoms with Crippen LogP contribution in [-0.4, -0.2) is 34.5 Å². The lowest BCUT2D eigenvalue weighted by Crippen LogP contribution is -2.43. The maximum atomic E-state index is 11.8. The summed E-state index contributed by atoms with van der Waals surface area (Å²) in [6, 6.07) is 0.156. The fourth-order valence-electron chi connectivity index (χ4n) is 2.28. The van der Waals surface area contributed by atoms with Crippen molar-refractivity contribution in [2.75, 3.05) is 6.54 Å². The van der Waals surface area contributed by atoms with Crippen LogP contribution in [0.5, 0.6) is 0 Å². The molecule has 4 heteroatoms. The first kappa shape index (κ1) is 13.0. The third-order valence-electron chi connectivity index (χ3n) is 3.10. The Morgan fingerprint density at radius 1 is 1.31 bits per heavy atom. The van der Waals surface area contributed by atoms with Crippen LogP contribution in [0.3, 0.4) is 0 Å². The molecular weight excluding hydrogens is 206 g/mol. The van der Waals surface area contributed by atoms with Crippen molar-refractivity contribution in [2.24, 2.45) is 0 Å². The predicted molar refractivity (Wildman–Crippen MR) is 61.1 cm³/mol. The lowest BCUT2D eigenvalue weighted by atomic mass is 9.97. The molecule has 92 valence electrons. The van der Waals surface area contributed by atoms with E-state index in [1.165, 1.54) is 0 Å². The molecule has 0 aromatic heterocycles. The zero-order valence-corrected chi connectivity index (χ0v) is 9.95. The van der Waals surface area contributed by atoms with E-state index in [1.807, 2.05) is 11.8 Å². The average Bonchev–Trinajstić information content (AvgIpc) is 2.27. The van der Waals surface area contributed by atoms with Crippen LogP contribution in [0.25, 0.3) is 0 Å². The normalized spacial score (nSPS) is 20.8. The zero-order chi connectivity index (χ0) is 12.0. The van der Waals surface area contributed by atoms with Crippen LogP contribution in [0.1, 0.15) is 51.9 Å². The third-order valence-corrected chi connectivity index (χ3v) is 3.10. The summed E-state index contributed by atoms with van der Waals surface area (Å²) in [5.41, 5.74) is 0. The molecule has 1 heterocycles. The number of hydrogen-bond donors (Lipinski definition) is 1. The quantitative estimate of drug-likeness (QED) is 0.781. The molecule has 1 amide bonds. The number of carboxylic acids is 1. The van der Waals surface area contributed by atoms with Gasteiger partial charge >= 0.3 is 5.97 Å². The number of amides is 1. The Morgan fingerprint density at radius 2 is 2.06 bits per heavy atom. The van der Waals surface area contributed by atoms with Gasteiger partial charge in [-0.2, -0.15) is 0 Å². The highest BCUT2D eigenvalue weighted by atomic mass is 16.4. The monoisotopic (exact) mass is 227 g/mol. The average molecular weight is 227 g/mol. The Balaban J connectivity index is 2.49. The summed E-state index contributed by atoms with van der Waals surface area (Å²) >= 11 is 0. The highest BCUT2D eigenvalue weighted by Gasteiger charge is 2.26. The molecule has 0 aliphatic carbocycles. The molecule has 1 fully saturated rings. The largest absolute Gasteiger partial charge is 0.481 e. The van der Waals surface area contributed by atoms with E-state index in [4.69, 9.17) is 5.11 Å². The van der Waals surface area contributed by atoms with E-state index in [2.05, 4.69) is 0 Å².